The van der Waals surface area contributed by atoms with E-state index in [4.69, 9.17) is 4.74 Å². The van der Waals surface area contributed by atoms with Gasteiger partial charge in [-0.2, -0.15) is 4.99 Å². The average molecular weight is 324 g/mol. The van der Waals surface area contributed by atoms with E-state index < -0.39 is 0 Å². The van der Waals surface area contributed by atoms with E-state index in [-0.39, 0.29) is 5.91 Å². The highest BCUT2D eigenvalue weighted by molar-refractivity contribution is 7.07. The van der Waals surface area contributed by atoms with Crippen molar-refractivity contribution in [2.45, 2.75) is 0 Å². The summed E-state index contributed by atoms with van der Waals surface area (Å²) in [6.45, 7) is 0. The third-order valence-corrected chi connectivity index (χ3v) is 4.34. The second kappa shape index (κ2) is 6.62. The van der Waals surface area contributed by atoms with Crippen LogP contribution in [0.15, 0.2) is 65.1 Å². The fourth-order valence-electron chi connectivity index (χ4n) is 2.27. The molecule has 1 amide bonds. The van der Waals surface area contributed by atoms with E-state index in [1.54, 1.807) is 19.2 Å². The summed E-state index contributed by atoms with van der Waals surface area (Å²) in [5, 5.41) is 1.90. The summed E-state index contributed by atoms with van der Waals surface area (Å²) in [6.07, 6.45) is 1.88. The molecule has 0 aliphatic heterocycles. The van der Waals surface area contributed by atoms with Crippen LogP contribution in [0, 0.1) is 0 Å². The fraction of sp³-hybridized carbons (Fsp3) is 0.111. The maximum Gasteiger partial charge on any atom is 0.279 e. The summed E-state index contributed by atoms with van der Waals surface area (Å²) in [6, 6.07) is 15.2. The normalized spacial score (nSPS) is 11.5. The van der Waals surface area contributed by atoms with Crippen molar-refractivity contribution in [1.82, 2.24) is 4.57 Å². The van der Waals surface area contributed by atoms with Crippen LogP contribution in [0.25, 0.3) is 11.1 Å². The predicted octanol–water partition coefficient (Wildman–Crippen LogP) is 3.50. The van der Waals surface area contributed by atoms with Crippen molar-refractivity contribution in [3.8, 4) is 16.9 Å². The molecule has 0 N–H and O–H groups in total. The van der Waals surface area contributed by atoms with Gasteiger partial charge in [-0.05, 0) is 23.8 Å². The van der Waals surface area contributed by atoms with Crippen molar-refractivity contribution in [3.63, 3.8) is 0 Å². The zero-order chi connectivity index (χ0) is 16.2. The van der Waals surface area contributed by atoms with Crippen molar-refractivity contribution >= 4 is 17.2 Å². The van der Waals surface area contributed by atoms with Gasteiger partial charge in [-0.25, -0.2) is 0 Å². The van der Waals surface area contributed by atoms with E-state index in [2.05, 4.69) is 4.99 Å². The van der Waals surface area contributed by atoms with E-state index in [1.165, 1.54) is 11.3 Å². The van der Waals surface area contributed by atoms with Crippen LogP contribution < -0.4 is 9.54 Å². The molecule has 2 aromatic carbocycles. The second-order valence-electron chi connectivity index (χ2n) is 4.99. The molecule has 0 aliphatic rings. The lowest BCUT2D eigenvalue weighted by Gasteiger charge is -2.09. The van der Waals surface area contributed by atoms with Crippen molar-refractivity contribution in [2.24, 2.45) is 12.0 Å². The Labute approximate surface area is 138 Å². The van der Waals surface area contributed by atoms with Gasteiger partial charge in [0.1, 0.15) is 5.75 Å². The number of nitrogens with zero attached hydrogens (tertiary/aromatic N) is 2. The minimum atomic E-state index is -0.261. The number of thiazole rings is 1. The highest BCUT2D eigenvalue weighted by atomic mass is 32.1. The van der Waals surface area contributed by atoms with E-state index >= 15 is 0 Å². The Morgan fingerprint density at radius 2 is 1.96 bits per heavy atom. The van der Waals surface area contributed by atoms with Gasteiger partial charge in [0.05, 0.1) is 7.11 Å². The largest absolute Gasteiger partial charge is 0.496 e. The molecule has 116 valence electrons. The lowest BCUT2D eigenvalue weighted by Crippen LogP contribution is -2.12. The van der Waals surface area contributed by atoms with E-state index in [0.29, 0.717) is 10.4 Å². The molecule has 1 heterocycles. The van der Waals surface area contributed by atoms with Gasteiger partial charge in [0.2, 0.25) is 0 Å². The van der Waals surface area contributed by atoms with Gasteiger partial charge < -0.3 is 9.30 Å². The topological polar surface area (TPSA) is 43.6 Å². The van der Waals surface area contributed by atoms with E-state index in [1.807, 2.05) is 59.6 Å². The Kier molecular flexibility index (Phi) is 4.39. The van der Waals surface area contributed by atoms with Crippen molar-refractivity contribution in [2.75, 3.05) is 7.11 Å². The molecule has 3 rings (SSSR count). The first-order chi connectivity index (χ1) is 11.2. The minimum absolute atomic E-state index is 0.261. The number of carbonyl (C=O) groups excluding carboxylic acids is 1. The van der Waals surface area contributed by atoms with Gasteiger partial charge in [-0.15, -0.1) is 11.3 Å². The summed E-state index contributed by atoms with van der Waals surface area (Å²) in [7, 11) is 3.49. The highest BCUT2D eigenvalue weighted by Gasteiger charge is 2.11. The molecule has 1 aromatic heterocycles. The zero-order valence-corrected chi connectivity index (χ0v) is 13.7. The van der Waals surface area contributed by atoms with Gasteiger partial charge >= 0.3 is 0 Å². The lowest BCUT2D eigenvalue weighted by molar-refractivity contribution is 0.0998. The molecule has 0 aliphatic carbocycles. The molecule has 0 unspecified atom stereocenters. The fourth-order valence-corrected chi connectivity index (χ4v) is 3.00. The van der Waals surface area contributed by atoms with Crippen LogP contribution in [-0.4, -0.2) is 17.6 Å². The Morgan fingerprint density at radius 3 is 2.61 bits per heavy atom. The molecule has 0 fully saturated rings. The van der Waals surface area contributed by atoms with Crippen LogP contribution in [0.3, 0.4) is 0 Å². The number of hydrogen-bond acceptors (Lipinski definition) is 3. The average Bonchev–Trinajstić information content (AvgIpc) is 3.00. The summed E-state index contributed by atoms with van der Waals surface area (Å²) in [5.41, 5.74) is 2.42. The molecule has 0 atom stereocenters. The Bertz CT molecular complexity index is 895. The molecule has 0 spiro atoms. The van der Waals surface area contributed by atoms with Gasteiger partial charge in [0, 0.05) is 29.8 Å². The van der Waals surface area contributed by atoms with E-state index in [9.17, 15) is 4.79 Å². The summed E-state index contributed by atoms with van der Waals surface area (Å²) < 4.78 is 7.24. The van der Waals surface area contributed by atoms with Gasteiger partial charge in [0.25, 0.3) is 5.91 Å². The Hall–Kier alpha value is -2.66. The number of ether oxygens (including phenoxy) is 1. The first-order valence-corrected chi connectivity index (χ1v) is 7.99. The Balaban J connectivity index is 2.05. The van der Waals surface area contributed by atoms with Gasteiger partial charge in [-0.3, -0.25) is 4.79 Å². The number of hydrogen-bond donors (Lipinski definition) is 0. The second-order valence-corrected chi connectivity index (χ2v) is 5.87. The van der Waals surface area contributed by atoms with Gasteiger partial charge in [0.15, 0.2) is 4.80 Å². The number of amides is 1. The molecule has 4 nitrogen and oxygen atoms in total. The molecule has 0 radical (unpaired) electrons. The molecule has 0 saturated carbocycles. The number of rotatable bonds is 3. The first-order valence-electron chi connectivity index (χ1n) is 7.11. The molecular formula is C18H16N2O2S. The number of aryl methyl sites for hydroxylation is 1. The van der Waals surface area contributed by atoms with Crippen LogP contribution in [0.2, 0.25) is 0 Å². The van der Waals surface area contributed by atoms with E-state index in [0.717, 1.165) is 16.9 Å². The smallest absolute Gasteiger partial charge is 0.279 e. The van der Waals surface area contributed by atoms with Crippen molar-refractivity contribution in [1.29, 1.82) is 0 Å². The lowest BCUT2D eigenvalue weighted by atomic mass is 10.0. The predicted molar refractivity (Wildman–Crippen MR) is 91.6 cm³/mol. The zero-order valence-electron chi connectivity index (χ0n) is 12.9. The van der Waals surface area contributed by atoms with Crippen LogP contribution in [-0.2, 0) is 7.05 Å². The molecule has 5 heteroatoms. The molecule has 3 aromatic rings. The third kappa shape index (κ3) is 3.24. The minimum Gasteiger partial charge on any atom is -0.496 e. The SMILES string of the molecule is COc1ccc(C(=O)N=c2sccn2C)cc1-c1ccccc1. The maximum absolute atomic E-state index is 12.4. The van der Waals surface area contributed by atoms with Crippen LogP contribution in [0.5, 0.6) is 5.75 Å². The third-order valence-electron chi connectivity index (χ3n) is 3.49. The van der Waals surface area contributed by atoms with Crippen LogP contribution in [0.4, 0.5) is 0 Å². The molecular weight excluding hydrogens is 308 g/mol. The monoisotopic (exact) mass is 324 g/mol. The van der Waals surface area contributed by atoms with Crippen molar-refractivity contribution in [3.05, 3.63) is 70.5 Å². The van der Waals surface area contributed by atoms with Crippen LogP contribution >= 0.6 is 11.3 Å². The van der Waals surface area contributed by atoms with Crippen LogP contribution in [0.1, 0.15) is 10.4 Å². The number of methoxy groups -OCH3 is 1. The summed E-state index contributed by atoms with van der Waals surface area (Å²) in [4.78, 5) is 17.3. The summed E-state index contributed by atoms with van der Waals surface area (Å²) in [5.74, 6) is 0.470. The van der Waals surface area contributed by atoms with Crippen molar-refractivity contribution < 1.29 is 9.53 Å². The number of aromatic nitrogens is 1. The standard InChI is InChI=1S/C18H16N2O2S/c1-20-10-11-23-18(20)19-17(21)14-8-9-16(22-2)15(12-14)13-6-4-3-5-7-13/h3-12H,1-2H3. The molecule has 0 bridgehead atoms. The summed E-state index contributed by atoms with van der Waals surface area (Å²) >= 11 is 1.43. The van der Waals surface area contributed by atoms with Gasteiger partial charge in [-0.1, -0.05) is 30.3 Å². The quantitative estimate of drug-likeness (QED) is 0.740. The highest BCUT2D eigenvalue weighted by Crippen LogP contribution is 2.30. The first kappa shape index (κ1) is 15.2. The molecule has 23 heavy (non-hydrogen) atoms. The Morgan fingerprint density at radius 1 is 1.17 bits per heavy atom. The molecule has 0 saturated heterocycles. The number of benzene rings is 2. The maximum atomic E-state index is 12.4. The number of carbonyl (C=O) groups is 1.